The van der Waals surface area contributed by atoms with Crippen LogP contribution in [0.2, 0.25) is 5.02 Å². The zero-order valence-electron chi connectivity index (χ0n) is 24.1. The van der Waals surface area contributed by atoms with Gasteiger partial charge in [0.1, 0.15) is 11.6 Å². The average Bonchev–Trinajstić information content (AvgIpc) is 3.17. The Bertz CT molecular complexity index is 1600. The van der Waals surface area contributed by atoms with E-state index < -0.39 is 12.1 Å². The predicted octanol–water partition coefficient (Wildman–Crippen LogP) is 7.56. The van der Waals surface area contributed by atoms with Crippen LogP contribution in [-0.4, -0.2) is 27.7 Å². The van der Waals surface area contributed by atoms with Crippen LogP contribution in [0.25, 0.3) is 10.9 Å². The summed E-state index contributed by atoms with van der Waals surface area (Å²) in [6.45, 7) is 7.44. The monoisotopic (exact) mass is 578 g/mol. The van der Waals surface area contributed by atoms with Crippen molar-refractivity contribution in [3.63, 3.8) is 0 Å². The predicted molar refractivity (Wildman–Crippen MR) is 161 cm³/mol. The minimum atomic E-state index is -1.07. The zero-order chi connectivity index (χ0) is 29.8. The van der Waals surface area contributed by atoms with Gasteiger partial charge < -0.3 is 19.7 Å². The van der Waals surface area contributed by atoms with Crippen LogP contribution < -0.4 is 10.1 Å². The fourth-order valence-corrected chi connectivity index (χ4v) is 5.18. The van der Waals surface area contributed by atoms with E-state index in [0.717, 1.165) is 58.1 Å². The highest BCUT2D eigenvalue weighted by Crippen LogP contribution is 2.32. The second-order valence-corrected chi connectivity index (χ2v) is 11.0. The van der Waals surface area contributed by atoms with E-state index in [0.29, 0.717) is 22.8 Å². The molecule has 1 aromatic heterocycles. The number of aryl methyl sites for hydroxylation is 2. The summed E-state index contributed by atoms with van der Waals surface area (Å²) in [5.41, 5.74) is 6.16. The van der Waals surface area contributed by atoms with Crippen molar-refractivity contribution in [1.82, 2.24) is 9.88 Å². The Labute approximate surface area is 245 Å². The summed E-state index contributed by atoms with van der Waals surface area (Å²) in [5.74, 6) is -1.27. The van der Waals surface area contributed by atoms with Gasteiger partial charge in [0, 0.05) is 29.2 Å². The molecule has 0 saturated heterocycles. The number of aromatic nitrogens is 1. The molecule has 0 aliphatic heterocycles. The first-order valence-electron chi connectivity index (χ1n) is 13.8. The molecule has 6 nitrogen and oxygen atoms in total. The van der Waals surface area contributed by atoms with Crippen LogP contribution in [-0.2, 0) is 24.7 Å². The number of nitrogens with zero attached hydrogens (tertiary/aromatic N) is 1. The average molecular weight is 579 g/mol. The number of fused-ring (bicyclic) bond motifs is 1. The third kappa shape index (κ3) is 6.91. The number of benzene rings is 3. The lowest BCUT2D eigenvalue weighted by Crippen LogP contribution is -2.26. The maximum atomic E-state index is 14.3. The number of carbonyl (C=O) groups excluding carboxylic acids is 1. The van der Waals surface area contributed by atoms with Gasteiger partial charge in [-0.25, -0.2) is 9.18 Å². The molecule has 0 unspecified atom stereocenters. The second-order valence-electron chi connectivity index (χ2n) is 10.6. The summed E-state index contributed by atoms with van der Waals surface area (Å²) in [5, 5.41) is 13.6. The molecule has 8 heteroatoms. The van der Waals surface area contributed by atoms with Crippen LogP contribution in [0.15, 0.2) is 54.6 Å². The van der Waals surface area contributed by atoms with Crippen LogP contribution >= 0.6 is 11.6 Å². The van der Waals surface area contributed by atoms with Crippen molar-refractivity contribution in [3.8, 4) is 5.75 Å². The van der Waals surface area contributed by atoms with Gasteiger partial charge in [-0.3, -0.25) is 4.79 Å². The first kappa shape index (κ1) is 30.1. The number of nitrogens with one attached hydrogen (secondary N) is 1. The fourth-order valence-electron chi connectivity index (χ4n) is 5.01. The molecular weight excluding hydrogens is 543 g/mol. The van der Waals surface area contributed by atoms with Gasteiger partial charge >= 0.3 is 5.97 Å². The van der Waals surface area contributed by atoms with Crippen molar-refractivity contribution in [2.24, 2.45) is 7.05 Å². The van der Waals surface area contributed by atoms with Crippen molar-refractivity contribution in [2.45, 2.75) is 65.5 Å². The quantitative estimate of drug-likeness (QED) is 0.192. The van der Waals surface area contributed by atoms with Crippen LogP contribution in [0, 0.1) is 12.7 Å². The number of aliphatic carboxylic acids is 1. The lowest BCUT2D eigenvalue weighted by Gasteiger charge is -2.16. The molecule has 3 aromatic carbocycles. The number of carbonyl (C=O) groups is 2. The molecule has 4 aromatic rings. The van der Waals surface area contributed by atoms with E-state index in [9.17, 15) is 19.1 Å². The molecule has 0 bridgehead atoms. The highest BCUT2D eigenvalue weighted by molar-refractivity contribution is 6.32. The summed E-state index contributed by atoms with van der Waals surface area (Å²) >= 11 is 6.26. The summed E-state index contributed by atoms with van der Waals surface area (Å²) in [4.78, 5) is 24.5. The number of ether oxygens (including phenoxy) is 1. The number of carboxylic acid groups (broad SMARTS) is 1. The number of rotatable bonds is 11. The first-order valence-corrected chi connectivity index (χ1v) is 14.2. The zero-order valence-corrected chi connectivity index (χ0v) is 24.8. The van der Waals surface area contributed by atoms with Crippen molar-refractivity contribution < 1.29 is 23.8 Å². The normalized spacial score (nSPS) is 12.8. The Morgan fingerprint density at radius 2 is 1.83 bits per heavy atom. The molecule has 41 heavy (non-hydrogen) atoms. The van der Waals surface area contributed by atoms with Gasteiger partial charge in [-0.15, -0.1) is 0 Å². The lowest BCUT2D eigenvalue weighted by atomic mass is 10.00. The minimum Gasteiger partial charge on any atom is -0.479 e. The van der Waals surface area contributed by atoms with E-state index in [1.807, 2.05) is 45.2 Å². The molecule has 2 atom stereocenters. The van der Waals surface area contributed by atoms with E-state index in [1.54, 1.807) is 24.3 Å². The van der Waals surface area contributed by atoms with E-state index in [4.69, 9.17) is 16.3 Å². The molecule has 2 N–H and O–H groups in total. The number of hydrogen-bond donors (Lipinski definition) is 2. The van der Waals surface area contributed by atoms with Crippen molar-refractivity contribution >= 4 is 34.4 Å². The van der Waals surface area contributed by atoms with Crippen LogP contribution in [0.5, 0.6) is 5.75 Å². The molecule has 0 radical (unpaired) electrons. The maximum Gasteiger partial charge on any atom is 0.344 e. The Hall–Kier alpha value is -3.84. The van der Waals surface area contributed by atoms with Gasteiger partial charge in [-0.05, 0) is 98.7 Å². The Balaban J connectivity index is 1.56. The van der Waals surface area contributed by atoms with Crippen LogP contribution in [0.1, 0.15) is 78.0 Å². The summed E-state index contributed by atoms with van der Waals surface area (Å²) in [6.07, 6.45) is 2.36. The number of unbranched alkanes of at least 4 members (excludes halogenated alkanes) is 1. The van der Waals surface area contributed by atoms with Crippen molar-refractivity contribution in [2.75, 3.05) is 0 Å². The lowest BCUT2D eigenvalue weighted by molar-refractivity contribution is -0.144. The van der Waals surface area contributed by atoms with Gasteiger partial charge in [0.2, 0.25) is 0 Å². The second kappa shape index (κ2) is 12.8. The molecular formula is C33H36ClFN2O4. The number of amides is 1. The number of carboxylic acids is 1. The van der Waals surface area contributed by atoms with Crippen molar-refractivity contribution in [1.29, 1.82) is 0 Å². The molecule has 0 spiro atoms. The van der Waals surface area contributed by atoms with Gasteiger partial charge in [0.15, 0.2) is 6.10 Å². The molecule has 216 valence electrons. The summed E-state index contributed by atoms with van der Waals surface area (Å²) < 4.78 is 21.9. The standard InChI is InChI=1S/C33H36ClFN2O4/c1-6-7-8-22-13-25(17-26(35)14-22)19(2)36-32(38)24-10-11-27-28(20(3)37(5)30(27)18-24)15-23-9-12-29(34)31(16-23)41-21(4)33(39)40/h9-14,16-19,21H,6-8,15H2,1-5H3,(H,36,38)(H,39,40)/t19-,21+/m0/s1. The highest BCUT2D eigenvalue weighted by atomic mass is 35.5. The van der Waals surface area contributed by atoms with Crippen LogP contribution in [0.3, 0.4) is 0 Å². The minimum absolute atomic E-state index is 0.230. The molecule has 1 heterocycles. The largest absolute Gasteiger partial charge is 0.479 e. The van der Waals surface area contributed by atoms with E-state index in [1.165, 1.54) is 13.0 Å². The van der Waals surface area contributed by atoms with Crippen LogP contribution in [0.4, 0.5) is 4.39 Å². The summed E-state index contributed by atoms with van der Waals surface area (Å²) in [6, 6.07) is 15.6. The molecule has 0 aliphatic rings. The SMILES string of the molecule is CCCCc1cc(F)cc([C@H](C)NC(=O)c2ccc3c(Cc4ccc(Cl)c(O[C@H](C)C(=O)O)c4)c(C)n(C)c3c2)c1. The fraction of sp³-hybridized carbons (Fsp3) is 0.333. The Kier molecular flexibility index (Phi) is 9.38. The van der Waals surface area contributed by atoms with Crippen molar-refractivity contribution in [3.05, 3.63) is 98.9 Å². The third-order valence-corrected chi connectivity index (χ3v) is 7.87. The maximum absolute atomic E-state index is 14.3. The van der Waals surface area contributed by atoms with Gasteiger partial charge in [-0.1, -0.05) is 43.1 Å². The molecule has 0 aliphatic carbocycles. The summed E-state index contributed by atoms with van der Waals surface area (Å²) in [7, 11) is 1.96. The number of hydrogen-bond acceptors (Lipinski definition) is 3. The van der Waals surface area contributed by atoms with E-state index >= 15 is 0 Å². The highest BCUT2D eigenvalue weighted by Gasteiger charge is 2.19. The molecule has 0 saturated carbocycles. The number of halogens is 2. The molecule has 4 rings (SSSR count). The van der Waals surface area contributed by atoms with Gasteiger partial charge in [-0.2, -0.15) is 0 Å². The smallest absolute Gasteiger partial charge is 0.344 e. The van der Waals surface area contributed by atoms with Gasteiger partial charge in [0.05, 0.1) is 11.1 Å². The third-order valence-electron chi connectivity index (χ3n) is 7.56. The first-order chi connectivity index (χ1) is 19.5. The molecule has 1 amide bonds. The topological polar surface area (TPSA) is 80.6 Å². The van der Waals surface area contributed by atoms with Gasteiger partial charge in [0.25, 0.3) is 5.91 Å². The Morgan fingerprint density at radius 1 is 1.07 bits per heavy atom. The van der Waals surface area contributed by atoms with E-state index in [2.05, 4.69) is 16.8 Å². The Morgan fingerprint density at radius 3 is 2.54 bits per heavy atom. The van der Waals surface area contributed by atoms with E-state index in [-0.39, 0.29) is 17.8 Å². The molecule has 0 fully saturated rings.